The van der Waals surface area contributed by atoms with Gasteiger partial charge in [-0.25, -0.2) is 18.7 Å². The molecule has 1 amide bonds. The number of carbonyl (C=O) groups excluding carboxylic acids is 1. The van der Waals surface area contributed by atoms with Crippen LogP contribution in [0, 0.1) is 15.2 Å². The summed E-state index contributed by atoms with van der Waals surface area (Å²) in [5, 5.41) is 11.2. The highest BCUT2D eigenvalue weighted by atomic mass is 127. The Bertz CT molecular complexity index is 725. The van der Waals surface area contributed by atoms with Crippen LogP contribution in [0.15, 0.2) is 30.3 Å². The summed E-state index contributed by atoms with van der Waals surface area (Å²) in [7, 11) is 0. The zero-order chi connectivity index (χ0) is 16.3. The number of anilines is 2. The van der Waals surface area contributed by atoms with Crippen LogP contribution in [0.4, 0.5) is 24.5 Å². The standard InChI is InChI=1S/C14H10F3IN2O2/c15-6-7-5-8(18)1-4-11(7)19-13-9(14(21)20-22)2-3-10(16)12(13)17/h1-5,19,22H,6H2,(H,20,21). The van der Waals surface area contributed by atoms with Crippen LogP contribution in [-0.4, -0.2) is 11.1 Å². The maximum atomic E-state index is 14.0. The number of halogens is 4. The minimum atomic E-state index is -1.30. The van der Waals surface area contributed by atoms with E-state index in [0.29, 0.717) is 0 Å². The highest BCUT2D eigenvalue weighted by Gasteiger charge is 2.19. The first kappa shape index (κ1) is 16.6. The molecule has 0 fully saturated rings. The van der Waals surface area contributed by atoms with Crippen LogP contribution < -0.4 is 10.8 Å². The lowest BCUT2D eigenvalue weighted by atomic mass is 10.1. The van der Waals surface area contributed by atoms with Crippen molar-refractivity contribution in [2.24, 2.45) is 0 Å². The van der Waals surface area contributed by atoms with E-state index in [1.165, 1.54) is 17.6 Å². The average molecular weight is 422 g/mol. The van der Waals surface area contributed by atoms with Crippen molar-refractivity contribution in [2.75, 3.05) is 5.32 Å². The Morgan fingerprint density at radius 2 is 1.95 bits per heavy atom. The van der Waals surface area contributed by atoms with E-state index in [4.69, 9.17) is 5.21 Å². The second kappa shape index (κ2) is 6.97. The molecule has 3 N–H and O–H groups in total. The fourth-order valence-electron chi connectivity index (χ4n) is 1.85. The van der Waals surface area contributed by atoms with Gasteiger partial charge >= 0.3 is 0 Å². The number of hydrogen-bond donors (Lipinski definition) is 3. The van der Waals surface area contributed by atoms with Gasteiger partial charge in [-0.15, -0.1) is 0 Å². The third kappa shape index (κ3) is 3.33. The van der Waals surface area contributed by atoms with Crippen LogP contribution in [0.25, 0.3) is 0 Å². The summed E-state index contributed by atoms with van der Waals surface area (Å²) in [5.74, 6) is -3.50. The van der Waals surface area contributed by atoms with E-state index in [0.717, 1.165) is 15.7 Å². The van der Waals surface area contributed by atoms with Crippen molar-refractivity contribution >= 4 is 39.9 Å². The molecular weight excluding hydrogens is 412 g/mol. The Morgan fingerprint density at radius 1 is 1.23 bits per heavy atom. The maximum Gasteiger partial charge on any atom is 0.276 e. The van der Waals surface area contributed by atoms with Crippen molar-refractivity contribution in [3.8, 4) is 0 Å². The Kier molecular flexibility index (Phi) is 5.24. The van der Waals surface area contributed by atoms with Crippen molar-refractivity contribution in [1.29, 1.82) is 0 Å². The summed E-state index contributed by atoms with van der Waals surface area (Å²) >= 11 is 1.99. The largest absolute Gasteiger partial charge is 0.352 e. The lowest BCUT2D eigenvalue weighted by molar-refractivity contribution is 0.0707. The molecule has 0 unspecified atom stereocenters. The molecule has 8 heteroatoms. The van der Waals surface area contributed by atoms with Gasteiger partial charge in [0.05, 0.1) is 11.3 Å². The Morgan fingerprint density at radius 3 is 2.59 bits per heavy atom. The Labute approximate surface area is 137 Å². The van der Waals surface area contributed by atoms with Gasteiger partial charge in [-0.05, 0) is 52.9 Å². The molecule has 0 aliphatic rings. The van der Waals surface area contributed by atoms with Gasteiger partial charge in [0.15, 0.2) is 11.6 Å². The van der Waals surface area contributed by atoms with E-state index in [-0.39, 0.29) is 16.8 Å². The number of rotatable bonds is 4. The average Bonchev–Trinajstić information content (AvgIpc) is 2.52. The van der Waals surface area contributed by atoms with E-state index in [2.05, 4.69) is 5.32 Å². The molecule has 0 aliphatic heterocycles. The highest BCUT2D eigenvalue weighted by Crippen LogP contribution is 2.29. The quantitative estimate of drug-likeness (QED) is 0.398. The topological polar surface area (TPSA) is 61.4 Å². The maximum absolute atomic E-state index is 14.0. The third-order valence-corrected chi connectivity index (χ3v) is 3.58. The number of hydrogen-bond acceptors (Lipinski definition) is 3. The minimum Gasteiger partial charge on any atom is -0.352 e. The Balaban J connectivity index is 2.53. The summed E-state index contributed by atoms with van der Waals surface area (Å²) in [5.41, 5.74) is 0.971. The number of hydroxylamine groups is 1. The second-order valence-corrected chi connectivity index (χ2v) is 5.53. The number of nitrogens with one attached hydrogen (secondary N) is 2. The molecule has 0 spiro atoms. The van der Waals surface area contributed by atoms with Crippen molar-refractivity contribution in [3.05, 3.63) is 56.7 Å². The second-order valence-electron chi connectivity index (χ2n) is 4.28. The van der Waals surface area contributed by atoms with Crippen LogP contribution in [-0.2, 0) is 6.67 Å². The molecule has 0 atom stereocenters. The van der Waals surface area contributed by atoms with E-state index in [1.54, 1.807) is 6.07 Å². The lowest BCUT2D eigenvalue weighted by Gasteiger charge is -2.15. The van der Waals surface area contributed by atoms with Gasteiger partial charge in [0.1, 0.15) is 6.67 Å². The van der Waals surface area contributed by atoms with Crippen LogP contribution in [0.2, 0.25) is 0 Å². The summed E-state index contributed by atoms with van der Waals surface area (Å²) in [4.78, 5) is 11.5. The summed E-state index contributed by atoms with van der Waals surface area (Å²) in [6.07, 6.45) is 0. The Hall–Kier alpha value is -1.81. The van der Waals surface area contributed by atoms with Gasteiger partial charge < -0.3 is 5.32 Å². The highest BCUT2D eigenvalue weighted by molar-refractivity contribution is 14.1. The first-order chi connectivity index (χ1) is 10.5. The smallest absolute Gasteiger partial charge is 0.276 e. The fraction of sp³-hybridized carbons (Fsp3) is 0.0714. The molecule has 0 heterocycles. The number of benzene rings is 2. The first-order valence-electron chi connectivity index (χ1n) is 6.01. The molecule has 2 aromatic rings. The van der Waals surface area contributed by atoms with Crippen LogP contribution >= 0.6 is 22.6 Å². The molecule has 4 nitrogen and oxygen atoms in total. The molecule has 22 heavy (non-hydrogen) atoms. The van der Waals surface area contributed by atoms with Crippen molar-refractivity contribution in [3.63, 3.8) is 0 Å². The normalized spacial score (nSPS) is 10.4. The molecule has 0 aliphatic carbocycles. The zero-order valence-electron chi connectivity index (χ0n) is 11.0. The van der Waals surface area contributed by atoms with Gasteiger partial charge in [-0.2, -0.15) is 0 Å². The molecule has 0 saturated carbocycles. The molecule has 0 saturated heterocycles. The van der Waals surface area contributed by atoms with Gasteiger partial charge in [-0.3, -0.25) is 10.0 Å². The van der Waals surface area contributed by atoms with Gasteiger partial charge in [0.25, 0.3) is 5.91 Å². The van der Waals surface area contributed by atoms with E-state index >= 15 is 0 Å². The third-order valence-electron chi connectivity index (χ3n) is 2.91. The van der Waals surface area contributed by atoms with Crippen LogP contribution in [0.5, 0.6) is 0 Å². The molecule has 116 valence electrons. The summed E-state index contributed by atoms with van der Waals surface area (Å²) in [6.45, 7) is -0.822. The predicted octanol–water partition coefficient (Wildman–Crippen LogP) is 3.90. The van der Waals surface area contributed by atoms with E-state index < -0.39 is 29.9 Å². The molecule has 2 rings (SSSR count). The number of alkyl halides is 1. The predicted molar refractivity (Wildman–Crippen MR) is 82.9 cm³/mol. The monoisotopic (exact) mass is 422 g/mol. The molecular formula is C14H10F3IN2O2. The minimum absolute atomic E-state index is 0.194. The fourth-order valence-corrected chi connectivity index (χ4v) is 2.41. The molecule has 2 aromatic carbocycles. The van der Waals surface area contributed by atoms with Gasteiger partial charge in [-0.1, -0.05) is 0 Å². The first-order valence-corrected chi connectivity index (χ1v) is 7.09. The number of amides is 1. The zero-order valence-corrected chi connectivity index (χ0v) is 13.1. The van der Waals surface area contributed by atoms with E-state index in [1.807, 2.05) is 22.6 Å². The molecule has 0 aromatic heterocycles. The summed E-state index contributed by atoms with van der Waals surface area (Å²) < 4.78 is 41.2. The van der Waals surface area contributed by atoms with Gasteiger partial charge in [0, 0.05) is 14.8 Å². The van der Waals surface area contributed by atoms with Gasteiger partial charge in [0.2, 0.25) is 0 Å². The van der Waals surface area contributed by atoms with Crippen LogP contribution in [0.3, 0.4) is 0 Å². The summed E-state index contributed by atoms with van der Waals surface area (Å²) in [6, 6.07) is 6.43. The SMILES string of the molecule is O=C(NO)c1ccc(F)c(F)c1Nc1ccc(I)cc1CF. The van der Waals surface area contributed by atoms with Crippen molar-refractivity contribution in [2.45, 2.75) is 6.67 Å². The van der Waals surface area contributed by atoms with E-state index in [9.17, 15) is 18.0 Å². The molecule has 0 bridgehead atoms. The van der Waals surface area contributed by atoms with Crippen molar-refractivity contribution < 1.29 is 23.2 Å². The molecule has 0 radical (unpaired) electrons. The lowest BCUT2D eigenvalue weighted by Crippen LogP contribution is -2.20. The van der Waals surface area contributed by atoms with Crippen molar-refractivity contribution in [1.82, 2.24) is 5.48 Å². The van der Waals surface area contributed by atoms with Crippen LogP contribution in [0.1, 0.15) is 15.9 Å². The number of carbonyl (C=O) groups is 1.